The Morgan fingerprint density at radius 1 is 0.288 bits per heavy atom. The number of hydrogen-bond donors (Lipinski definition) is 0. The van der Waals surface area contributed by atoms with E-state index in [2.05, 4.69) is 176 Å². The van der Waals surface area contributed by atoms with Crippen LogP contribution < -0.4 is 0 Å². The van der Waals surface area contributed by atoms with E-state index in [1.165, 1.54) is 59.8 Å². The zero-order valence-electron chi connectivity index (χ0n) is 28.4. The van der Waals surface area contributed by atoms with E-state index in [4.69, 9.17) is 9.97 Å². The number of rotatable bonds is 5. The molecule has 0 saturated carbocycles. The monoisotopic (exact) mass is 660 g/mol. The molecule has 0 atom stereocenters. The lowest BCUT2D eigenvalue weighted by atomic mass is 9.88. The van der Waals surface area contributed by atoms with Crippen LogP contribution in [0.4, 0.5) is 0 Å². The van der Waals surface area contributed by atoms with Crippen LogP contribution in [0.3, 0.4) is 0 Å². The quantitative estimate of drug-likeness (QED) is 0.172. The molecule has 2 nitrogen and oxygen atoms in total. The van der Waals surface area contributed by atoms with Crippen molar-refractivity contribution in [3.63, 3.8) is 0 Å². The van der Waals surface area contributed by atoms with E-state index in [1.54, 1.807) is 0 Å². The molecule has 0 bridgehead atoms. The molecule has 0 saturated heterocycles. The van der Waals surface area contributed by atoms with E-state index in [0.717, 1.165) is 33.5 Å². The molecule has 242 valence electrons. The third kappa shape index (κ3) is 5.21. The number of fused-ring (bicyclic) bond motifs is 6. The van der Waals surface area contributed by atoms with Crippen LogP contribution in [0.2, 0.25) is 0 Å². The summed E-state index contributed by atoms with van der Waals surface area (Å²) in [6.45, 7) is 0. The molecule has 0 aliphatic heterocycles. The zero-order chi connectivity index (χ0) is 34.4. The molecule has 0 amide bonds. The molecule has 0 aliphatic rings. The molecule has 0 radical (unpaired) electrons. The molecule has 0 spiro atoms. The first-order valence-corrected chi connectivity index (χ1v) is 17.7. The first-order valence-electron chi connectivity index (χ1n) is 17.7. The van der Waals surface area contributed by atoms with E-state index in [0.29, 0.717) is 5.82 Å². The first-order chi connectivity index (χ1) is 25.8. The largest absolute Gasteiger partial charge is 0.237 e. The molecule has 0 N–H and O–H groups in total. The van der Waals surface area contributed by atoms with E-state index in [-0.39, 0.29) is 0 Å². The summed E-state index contributed by atoms with van der Waals surface area (Å²) in [5, 5.41) is 9.93. The highest BCUT2D eigenvalue weighted by atomic mass is 14.9. The van der Waals surface area contributed by atoms with Gasteiger partial charge in [0.1, 0.15) is 0 Å². The van der Waals surface area contributed by atoms with Crippen LogP contribution in [0.15, 0.2) is 194 Å². The molecule has 10 aromatic rings. The van der Waals surface area contributed by atoms with Crippen molar-refractivity contribution in [3.8, 4) is 56.0 Å². The van der Waals surface area contributed by atoms with E-state index in [9.17, 15) is 0 Å². The lowest BCUT2D eigenvalue weighted by molar-refractivity contribution is 1.18. The van der Waals surface area contributed by atoms with Crippen LogP contribution >= 0.6 is 0 Å². The van der Waals surface area contributed by atoms with Crippen LogP contribution in [0.25, 0.3) is 99.1 Å². The van der Waals surface area contributed by atoms with Gasteiger partial charge in [-0.1, -0.05) is 146 Å². The van der Waals surface area contributed by atoms with Gasteiger partial charge in [-0.05, 0) is 119 Å². The second kappa shape index (κ2) is 12.5. The molecule has 1 heterocycles. The molecule has 1 aromatic heterocycles. The second-order valence-electron chi connectivity index (χ2n) is 13.4. The minimum atomic E-state index is 0.703. The number of nitrogens with zero attached hydrogens (tertiary/aromatic N) is 2. The van der Waals surface area contributed by atoms with E-state index >= 15 is 0 Å². The molecule has 9 aromatic carbocycles. The number of hydrogen-bond acceptors (Lipinski definition) is 2. The fraction of sp³-hybridized carbons (Fsp3) is 0. The molecule has 0 aliphatic carbocycles. The fourth-order valence-electron chi connectivity index (χ4n) is 7.80. The Morgan fingerprint density at radius 2 is 0.750 bits per heavy atom. The van der Waals surface area contributed by atoms with Crippen molar-refractivity contribution in [1.82, 2.24) is 9.97 Å². The van der Waals surface area contributed by atoms with Gasteiger partial charge in [0.2, 0.25) is 0 Å². The smallest absolute Gasteiger partial charge is 0.159 e. The van der Waals surface area contributed by atoms with Crippen molar-refractivity contribution < 1.29 is 0 Å². The normalized spacial score (nSPS) is 11.5. The summed E-state index contributed by atoms with van der Waals surface area (Å²) in [7, 11) is 0. The van der Waals surface area contributed by atoms with Crippen molar-refractivity contribution in [3.05, 3.63) is 194 Å². The van der Waals surface area contributed by atoms with Gasteiger partial charge in [0.25, 0.3) is 0 Å². The summed E-state index contributed by atoms with van der Waals surface area (Å²) in [4.78, 5) is 10.0. The third-order valence-corrected chi connectivity index (χ3v) is 10.3. The summed E-state index contributed by atoms with van der Waals surface area (Å²) in [5.41, 5.74) is 9.93. The number of aromatic nitrogens is 2. The molecule has 2 heteroatoms. The molecule has 52 heavy (non-hydrogen) atoms. The van der Waals surface area contributed by atoms with Crippen molar-refractivity contribution in [2.24, 2.45) is 0 Å². The molecule has 0 unspecified atom stereocenters. The van der Waals surface area contributed by atoms with Crippen LogP contribution in [0.5, 0.6) is 0 Å². The zero-order valence-corrected chi connectivity index (χ0v) is 28.4. The van der Waals surface area contributed by atoms with Gasteiger partial charge in [-0.25, -0.2) is 9.97 Å². The maximum Gasteiger partial charge on any atom is 0.159 e. The standard InChI is InChI=1S/C50H32N2/c1-2-13-33(14-3-1)34-17-12-18-37(27-34)50-51-26-25-49(52-50)40-29-38(47-31-35-15-4-6-19-41(35)43-21-8-10-23-45(43)47)28-39(30-40)48-32-36-16-5-7-20-42(36)44-22-9-11-24-46(44)48/h1-32H. The number of benzene rings is 9. The highest BCUT2D eigenvalue weighted by Crippen LogP contribution is 2.41. The minimum absolute atomic E-state index is 0.703. The summed E-state index contributed by atoms with van der Waals surface area (Å²) in [5.74, 6) is 0.703. The van der Waals surface area contributed by atoms with Crippen LogP contribution in [-0.4, -0.2) is 9.97 Å². The van der Waals surface area contributed by atoms with Gasteiger partial charge < -0.3 is 0 Å². The second-order valence-corrected chi connectivity index (χ2v) is 13.4. The van der Waals surface area contributed by atoms with Gasteiger partial charge in [0.15, 0.2) is 5.82 Å². The fourth-order valence-corrected chi connectivity index (χ4v) is 7.80. The Hall–Kier alpha value is -6.90. The average molecular weight is 661 g/mol. The Balaban J connectivity index is 1.22. The van der Waals surface area contributed by atoms with Crippen molar-refractivity contribution in [2.45, 2.75) is 0 Å². The lowest BCUT2D eigenvalue weighted by Gasteiger charge is -2.16. The predicted molar refractivity (Wildman–Crippen MR) is 219 cm³/mol. The summed E-state index contributed by atoms with van der Waals surface area (Å²) in [6, 6.07) is 67.5. The summed E-state index contributed by atoms with van der Waals surface area (Å²) < 4.78 is 0. The first kappa shape index (κ1) is 30.0. The molecule has 0 fully saturated rings. The van der Waals surface area contributed by atoms with Crippen LogP contribution in [0.1, 0.15) is 0 Å². The average Bonchev–Trinajstić information content (AvgIpc) is 3.23. The van der Waals surface area contributed by atoms with Crippen LogP contribution in [-0.2, 0) is 0 Å². The highest BCUT2D eigenvalue weighted by Gasteiger charge is 2.16. The minimum Gasteiger partial charge on any atom is -0.237 e. The maximum atomic E-state index is 5.23. The maximum absolute atomic E-state index is 5.23. The van der Waals surface area contributed by atoms with Gasteiger partial charge in [-0.3, -0.25) is 0 Å². The van der Waals surface area contributed by atoms with Gasteiger partial charge in [0.05, 0.1) is 5.69 Å². The lowest BCUT2D eigenvalue weighted by Crippen LogP contribution is -1.94. The highest BCUT2D eigenvalue weighted by molar-refractivity contribution is 6.16. The van der Waals surface area contributed by atoms with Crippen molar-refractivity contribution >= 4 is 43.1 Å². The van der Waals surface area contributed by atoms with Crippen molar-refractivity contribution in [2.75, 3.05) is 0 Å². The Bertz CT molecular complexity index is 2820. The van der Waals surface area contributed by atoms with E-state index in [1.807, 2.05) is 18.3 Å². The van der Waals surface area contributed by atoms with Gasteiger partial charge in [-0.15, -0.1) is 0 Å². The van der Waals surface area contributed by atoms with Gasteiger partial charge in [0, 0.05) is 17.3 Å². The summed E-state index contributed by atoms with van der Waals surface area (Å²) in [6.07, 6.45) is 1.88. The van der Waals surface area contributed by atoms with Crippen LogP contribution in [0, 0.1) is 0 Å². The summed E-state index contributed by atoms with van der Waals surface area (Å²) >= 11 is 0. The molecular weight excluding hydrogens is 629 g/mol. The Labute approximate surface area is 302 Å². The van der Waals surface area contributed by atoms with Crippen molar-refractivity contribution in [1.29, 1.82) is 0 Å². The van der Waals surface area contributed by atoms with Gasteiger partial charge in [-0.2, -0.15) is 0 Å². The Kier molecular flexibility index (Phi) is 7.18. The topological polar surface area (TPSA) is 25.8 Å². The van der Waals surface area contributed by atoms with Gasteiger partial charge >= 0.3 is 0 Å². The molecule has 10 rings (SSSR count). The van der Waals surface area contributed by atoms with E-state index < -0.39 is 0 Å². The third-order valence-electron chi connectivity index (χ3n) is 10.3. The SMILES string of the molecule is c1ccc(-c2cccc(-c3nccc(-c4cc(-c5cc6ccccc6c6ccccc56)cc(-c5cc6ccccc6c6ccccc56)c4)n3)c2)cc1. The molecular formula is C50H32N2. The Morgan fingerprint density at radius 3 is 1.37 bits per heavy atom. The predicted octanol–water partition coefficient (Wildman–Crippen LogP) is 13.4.